The number of carbonyl (C=O) groups is 3. The van der Waals surface area contributed by atoms with Crippen molar-refractivity contribution in [1.29, 1.82) is 5.41 Å². The summed E-state index contributed by atoms with van der Waals surface area (Å²) < 4.78 is 22.2. The van der Waals surface area contributed by atoms with Crippen LogP contribution in [0.1, 0.15) is 75.5 Å². The molecule has 3 aromatic rings. The average Bonchev–Trinajstić information content (AvgIpc) is 2.94. The lowest BCUT2D eigenvalue weighted by atomic mass is 10.1. The first-order valence-electron chi connectivity index (χ1n) is 15.0. The first-order chi connectivity index (χ1) is 21.5. The maximum atomic E-state index is 13.4. The number of amidine groups is 1. The first kappa shape index (κ1) is 35.4. The van der Waals surface area contributed by atoms with E-state index in [1.807, 2.05) is 38.1 Å². The van der Waals surface area contributed by atoms with Crippen LogP contribution in [0.4, 0.5) is 16.2 Å². The van der Waals surface area contributed by atoms with Gasteiger partial charge in [0.2, 0.25) is 0 Å². The van der Waals surface area contributed by atoms with E-state index >= 15 is 0 Å². The largest absolute Gasteiger partial charge is 0.490 e. The Kier molecular flexibility index (Phi) is 11.8. The predicted molar refractivity (Wildman–Crippen MR) is 178 cm³/mol. The van der Waals surface area contributed by atoms with E-state index < -0.39 is 23.3 Å². The molecular formula is C35H44N4O7. The van der Waals surface area contributed by atoms with Crippen molar-refractivity contribution in [2.45, 2.75) is 73.1 Å². The van der Waals surface area contributed by atoms with Crippen LogP contribution >= 0.6 is 0 Å². The highest BCUT2D eigenvalue weighted by Gasteiger charge is 2.20. The first-order valence-corrected chi connectivity index (χ1v) is 15.0. The normalized spacial score (nSPS) is 11.2. The van der Waals surface area contributed by atoms with Gasteiger partial charge in [0.1, 0.15) is 17.0 Å². The summed E-state index contributed by atoms with van der Waals surface area (Å²) in [5.74, 6) is -0.0670. The summed E-state index contributed by atoms with van der Waals surface area (Å²) in [7, 11) is 0. The van der Waals surface area contributed by atoms with Gasteiger partial charge in [0.25, 0.3) is 5.91 Å². The minimum Gasteiger partial charge on any atom is -0.490 e. The van der Waals surface area contributed by atoms with Crippen molar-refractivity contribution in [3.05, 3.63) is 82.9 Å². The molecule has 0 spiro atoms. The highest BCUT2D eigenvalue weighted by molar-refractivity contribution is 6.09. The van der Waals surface area contributed by atoms with Gasteiger partial charge in [-0.1, -0.05) is 23.8 Å². The zero-order chi connectivity index (χ0) is 34.1. The maximum Gasteiger partial charge on any atom is 0.413 e. The van der Waals surface area contributed by atoms with E-state index in [0.717, 1.165) is 11.1 Å². The van der Waals surface area contributed by atoms with Crippen LogP contribution in [0.25, 0.3) is 0 Å². The van der Waals surface area contributed by atoms with Gasteiger partial charge in [0.15, 0.2) is 18.1 Å². The van der Waals surface area contributed by atoms with Crippen LogP contribution in [-0.4, -0.2) is 48.2 Å². The van der Waals surface area contributed by atoms with Crippen LogP contribution in [0.2, 0.25) is 0 Å². The lowest BCUT2D eigenvalue weighted by Gasteiger charge is -2.21. The Bertz CT molecular complexity index is 1550. The van der Waals surface area contributed by atoms with E-state index in [2.05, 4.69) is 16.0 Å². The van der Waals surface area contributed by atoms with E-state index in [9.17, 15) is 14.4 Å². The molecule has 0 aromatic heterocycles. The Hall–Kier alpha value is -5.06. The van der Waals surface area contributed by atoms with Crippen LogP contribution in [0.15, 0.2) is 60.7 Å². The molecule has 0 unspecified atom stereocenters. The number of esters is 1. The van der Waals surface area contributed by atoms with Gasteiger partial charge < -0.3 is 29.6 Å². The van der Waals surface area contributed by atoms with Gasteiger partial charge in [-0.05, 0) is 97.9 Å². The van der Waals surface area contributed by atoms with Crippen LogP contribution in [0.3, 0.4) is 0 Å². The molecular weight excluding hydrogens is 588 g/mol. The van der Waals surface area contributed by atoms with Crippen LogP contribution in [-0.2, 0) is 20.8 Å². The standard InChI is InChI=1S/C35H44N4O7/c1-9-43-28-12-10-11-24(30(28)44-21-29(40)45-34(3,4)5)20-37-27-18-13-22(2)19-26(27)32(41)38-25-16-14-23(15-17-25)31(36)39-33(42)46-35(6,7)8/h10-19,37H,9,20-21H2,1-8H3,(H,38,41)(H2,36,39,42). The second-order valence-electron chi connectivity index (χ2n) is 12.5. The Morgan fingerprint density at radius 3 is 2.15 bits per heavy atom. The van der Waals surface area contributed by atoms with Crippen molar-refractivity contribution in [3.8, 4) is 11.5 Å². The number of aryl methyl sites for hydroxylation is 1. The average molecular weight is 633 g/mol. The predicted octanol–water partition coefficient (Wildman–Crippen LogP) is 6.83. The third-order valence-electron chi connectivity index (χ3n) is 6.06. The number of hydrogen-bond donors (Lipinski definition) is 4. The fraction of sp³-hybridized carbons (Fsp3) is 0.371. The van der Waals surface area contributed by atoms with Crippen molar-refractivity contribution in [1.82, 2.24) is 5.32 Å². The number of rotatable bonds is 11. The second-order valence-corrected chi connectivity index (χ2v) is 12.5. The third kappa shape index (κ3) is 11.1. The van der Waals surface area contributed by atoms with Crippen molar-refractivity contribution >= 4 is 35.2 Å². The Morgan fingerprint density at radius 2 is 1.52 bits per heavy atom. The number of amides is 2. The van der Waals surface area contributed by atoms with E-state index in [-0.39, 0.29) is 24.9 Å². The van der Waals surface area contributed by atoms with Gasteiger partial charge in [-0.25, -0.2) is 9.59 Å². The molecule has 246 valence electrons. The quantitative estimate of drug-likeness (QED) is 0.102. The van der Waals surface area contributed by atoms with E-state index in [0.29, 0.717) is 40.6 Å². The third-order valence-corrected chi connectivity index (χ3v) is 6.06. The number of hydrogen-bond acceptors (Lipinski definition) is 9. The van der Waals surface area contributed by atoms with Crippen molar-refractivity contribution < 1.29 is 33.3 Å². The summed E-state index contributed by atoms with van der Waals surface area (Å²) in [5.41, 5.74) is 2.24. The van der Waals surface area contributed by atoms with Crippen molar-refractivity contribution in [2.24, 2.45) is 0 Å². The SMILES string of the molecule is CCOc1cccc(CNc2ccc(C)cc2C(=O)Nc2ccc(C(=N)NC(=O)OC(C)(C)C)cc2)c1OCC(=O)OC(C)(C)C. The van der Waals surface area contributed by atoms with Crippen molar-refractivity contribution in [3.63, 3.8) is 0 Å². The smallest absolute Gasteiger partial charge is 0.413 e. The molecule has 3 rings (SSSR count). The number of ether oxygens (including phenoxy) is 4. The van der Waals surface area contributed by atoms with Gasteiger partial charge in [0.05, 0.1) is 12.2 Å². The van der Waals surface area contributed by atoms with Crippen LogP contribution in [0.5, 0.6) is 11.5 Å². The monoisotopic (exact) mass is 632 g/mol. The van der Waals surface area contributed by atoms with E-state index in [1.165, 1.54) is 0 Å². The van der Waals surface area contributed by atoms with E-state index in [4.69, 9.17) is 24.4 Å². The molecule has 0 saturated heterocycles. The minimum atomic E-state index is -0.722. The zero-order valence-electron chi connectivity index (χ0n) is 27.8. The molecule has 0 saturated carbocycles. The molecule has 46 heavy (non-hydrogen) atoms. The molecule has 0 heterocycles. The lowest BCUT2D eigenvalue weighted by molar-refractivity contribution is -0.157. The molecule has 0 radical (unpaired) electrons. The zero-order valence-corrected chi connectivity index (χ0v) is 27.8. The Balaban J connectivity index is 1.73. The number of benzene rings is 3. The number of carbonyl (C=O) groups excluding carboxylic acids is 3. The molecule has 11 nitrogen and oxygen atoms in total. The topological polar surface area (TPSA) is 148 Å². The molecule has 3 aromatic carbocycles. The summed E-state index contributed by atoms with van der Waals surface area (Å²) in [4.78, 5) is 37.8. The summed E-state index contributed by atoms with van der Waals surface area (Å²) in [6, 6.07) is 17.5. The second kappa shape index (κ2) is 15.3. The molecule has 0 aliphatic heterocycles. The molecule has 0 fully saturated rings. The molecule has 2 amide bonds. The van der Waals surface area contributed by atoms with Crippen molar-refractivity contribution in [2.75, 3.05) is 23.8 Å². The van der Waals surface area contributed by atoms with E-state index in [1.54, 1.807) is 77.9 Å². The Labute approximate surface area is 270 Å². The number of alkyl carbamates (subject to hydrolysis) is 1. The fourth-order valence-electron chi connectivity index (χ4n) is 4.22. The molecule has 11 heteroatoms. The Morgan fingerprint density at radius 1 is 0.848 bits per heavy atom. The van der Waals surface area contributed by atoms with Gasteiger partial charge in [-0.2, -0.15) is 0 Å². The molecule has 0 bridgehead atoms. The number of nitrogens with one attached hydrogen (secondary N) is 4. The summed E-state index contributed by atoms with van der Waals surface area (Å²) in [6.45, 7) is 14.7. The summed E-state index contributed by atoms with van der Waals surface area (Å²) >= 11 is 0. The van der Waals surface area contributed by atoms with Gasteiger partial charge in [-0.3, -0.25) is 15.5 Å². The molecule has 0 aliphatic rings. The number of anilines is 2. The minimum absolute atomic E-state index is 0.125. The van der Waals surface area contributed by atoms with Gasteiger partial charge in [0, 0.05) is 29.0 Å². The molecule has 0 aliphatic carbocycles. The van der Waals surface area contributed by atoms with Gasteiger partial charge >= 0.3 is 12.1 Å². The summed E-state index contributed by atoms with van der Waals surface area (Å²) in [5, 5.41) is 16.8. The van der Waals surface area contributed by atoms with Gasteiger partial charge in [-0.15, -0.1) is 0 Å². The highest BCUT2D eigenvalue weighted by atomic mass is 16.6. The lowest BCUT2D eigenvalue weighted by Crippen LogP contribution is -2.36. The van der Waals surface area contributed by atoms with Crippen LogP contribution in [0, 0.1) is 12.3 Å². The fourth-order valence-corrected chi connectivity index (χ4v) is 4.22. The number of para-hydroxylation sites is 1. The van der Waals surface area contributed by atoms with Crippen LogP contribution < -0.4 is 25.4 Å². The highest BCUT2D eigenvalue weighted by Crippen LogP contribution is 2.33. The maximum absolute atomic E-state index is 13.4. The molecule has 0 atom stereocenters. The summed E-state index contributed by atoms with van der Waals surface area (Å²) in [6.07, 6.45) is -0.722. The molecule has 4 N–H and O–H groups in total.